The molecular weight excluding hydrogens is 305 g/mol. The van der Waals surface area contributed by atoms with E-state index in [1.807, 2.05) is 0 Å². The van der Waals surface area contributed by atoms with Crippen LogP contribution in [0.25, 0.3) is 0 Å². The van der Waals surface area contributed by atoms with Crippen molar-refractivity contribution in [2.24, 2.45) is 5.73 Å². The number of nitrogens with two attached hydrogens (primary N) is 1. The van der Waals surface area contributed by atoms with Crippen molar-refractivity contribution in [2.45, 2.75) is 6.54 Å². The quantitative estimate of drug-likeness (QED) is 0.945. The van der Waals surface area contributed by atoms with Crippen LogP contribution < -0.4 is 10.5 Å². The number of hydrogen-bond donors (Lipinski definition) is 1. The molecule has 1 aromatic heterocycles. The Bertz CT molecular complexity index is 536. The van der Waals surface area contributed by atoms with Crippen LogP contribution in [0.4, 0.5) is 0 Å². The van der Waals surface area contributed by atoms with Gasteiger partial charge in [0.15, 0.2) is 0 Å². The van der Waals surface area contributed by atoms with E-state index in [1.165, 1.54) is 6.33 Å². The van der Waals surface area contributed by atoms with E-state index in [4.69, 9.17) is 22.1 Å². The maximum Gasteiger partial charge on any atom is 0.236 e. The fourth-order valence-corrected chi connectivity index (χ4v) is 1.86. The van der Waals surface area contributed by atoms with Gasteiger partial charge >= 0.3 is 0 Å². The average molecular weight is 315 g/mol. The molecule has 2 aromatic rings. The van der Waals surface area contributed by atoms with Gasteiger partial charge in [-0.15, -0.1) is 0 Å². The lowest BCUT2D eigenvalue weighted by molar-refractivity contribution is 0.452. The SMILES string of the molecule is NCc1c(Cl)cccc1Oc1ncncc1Br. The van der Waals surface area contributed by atoms with E-state index in [2.05, 4.69) is 25.9 Å². The van der Waals surface area contributed by atoms with Crippen LogP contribution in [0.5, 0.6) is 11.6 Å². The third kappa shape index (κ3) is 2.74. The van der Waals surface area contributed by atoms with E-state index in [0.29, 0.717) is 27.7 Å². The summed E-state index contributed by atoms with van der Waals surface area (Å²) in [6.45, 7) is 0.303. The minimum absolute atomic E-state index is 0.303. The first-order chi connectivity index (χ1) is 8.22. The summed E-state index contributed by atoms with van der Waals surface area (Å²) < 4.78 is 6.32. The molecular formula is C11H9BrClN3O. The summed E-state index contributed by atoms with van der Waals surface area (Å²) in [4.78, 5) is 7.87. The maximum atomic E-state index is 6.03. The second-order valence-corrected chi connectivity index (χ2v) is 4.46. The predicted molar refractivity (Wildman–Crippen MR) is 69.1 cm³/mol. The second kappa shape index (κ2) is 5.44. The number of hydrogen-bond acceptors (Lipinski definition) is 4. The Morgan fingerprint density at radius 3 is 2.94 bits per heavy atom. The van der Waals surface area contributed by atoms with Crippen molar-refractivity contribution in [2.75, 3.05) is 0 Å². The predicted octanol–water partition coefficient (Wildman–Crippen LogP) is 3.14. The van der Waals surface area contributed by atoms with Gasteiger partial charge < -0.3 is 10.5 Å². The first-order valence-electron chi connectivity index (χ1n) is 4.83. The van der Waals surface area contributed by atoms with Gasteiger partial charge in [0.05, 0.1) is 4.47 Å². The van der Waals surface area contributed by atoms with Crippen molar-refractivity contribution in [1.29, 1.82) is 0 Å². The highest BCUT2D eigenvalue weighted by Gasteiger charge is 2.10. The molecule has 6 heteroatoms. The van der Waals surface area contributed by atoms with Gasteiger partial charge in [-0.25, -0.2) is 9.97 Å². The molecule has 2 N–H and O–H groups in total. The number of nitrogens with zero attached hydrogens (tertiary/aromatic N) is 2. The van der Waals surface area contributed by atoms with Gasteiger partial charge in [-0.2, -0.15) is 0 Å². The average Bonchev–Trinajstić information content (AvgIpc) is 2.32. The summed E-state index contributed by atoms with van der Waals surface area (Å²) in [5.74, 6) is 1.02. The smallest absolute Gasteiger partial charge is 0.236 e. The van der Waals surface area contributed by atoms with Crippen molar-refractivity contribution >= 4 is 27.5 Å². The highest BCUT2D eigenvalue weighted by atomic mass is 79.9. The summed E-state index contributed by atoms with van der Waals surface area (Å²) in [6, 6.07) is 5.36. The van der Waals surface area contributed by atoms with Crippen LogP contribution >= 0.6 is 27.5 Å². The van der Waals surface area contributed by atoms with Gasteiger partial charge in [-0.05, 0) is 28.1 Å². The van der Waals surface area contributed by atoms with Gasteiger partial charge in [0, 0.05) is 23.3 Å². The van der Waals surface area contributed by atoms with Gasteiger partial charge in [0.2, 0.25) is 5.88 Å². The molecule has 0 unspecified atom stereocenters. The van der Waals surface area contributed by atoms with E-state index in [9.17, 15) is 0 Å². The molecule has 0 spiro atoms. The van der Waals surface area contributed by atoms with Crippen LogP contribution in [0.2, 0.25) is 5.02 Å². The van der Waals surface area contributed by atoms with Gasteiger partial charge in [-0.1, -0.05) is 17.7 Å². The van der Waals surface area contributed by atoms with Crippen molar-refractivity contribution < 1.29 is 4.74 Å². The van der Waals surface area contributed by atoms with Crippen molar-refractivity contribution in [1.82, 2.24) is 9.97 Å². The highest BCUT2D eigenvalue weighted by Crippen LogP contribution is 2.31. The Morgan fingerprint density at radius 1 is 1.41 bits per heavy atom. The molecule has 88 valence electrons. The lowest BCUT2D eigenvalue weighted by atomic mass is 10.2. The third-order valence-electron chi connectivity index (χ3n) is 2.12. The van der Waals surface area contributed by atoms with Crippen LogP contribution in [0.3, 0.4) is 0 Å². The summed E-state index contributed by atoms with van der Waals surface area (Å²) in [6.07, 6.45) is 3.02. The minimum atomic E-state index is 0.303. The Balaban J connectivity index is 2.37. The first-order valence-corrected chi connectivity index (χ1v) is 6.00. The van der Waals surface area contributed by atoms with Gasteiger partial charge in [0.25, 0.3) is 0 Å². The van der Waals surface area contributed by atoms with E-state index in [-0.39, 0.29) is 0 Å². The Morgan fingerprint density at radius 2 is 2.24 bits per heavy atom. The van der Waals surface area contributed by atoms with E-state index in [1.54, 1.807) is 24.4 Å². The minimum Gasteiger partial charge on any atom is -0.437 e. The van der Waals surface area contributed by atoms with Crippen LogP contribution in [-0.2, 0) is 6.54 Å². The van der Waals surface area contributed by atoms with E-state index < -0.39 is 0 Å². The zero-order valence-electron chi connectivity index (χ0n) is 8.73. The molecule has 1 aromatic carbocycles. The zero-order chi connectivity index (χ0) is 12.3. The molecule has 0 fully saturated rings. The number of benzene rings is 1. The summed E-state index contributed by atoms with van der Waals surface area (Å²) in [5.41, 5.74) is 6.38. The first kappa shape index (κ1) is 12.3. The number of rotatable bonds is 3. The Labute approximate surface area is 112 Å². The summed E-state index contributed by atoms with van der Waals surface area (Å²) in [5, 5.41) is 0.579. The van der Waals surface area contributed by atoms with Crippen molar-refractivity contribution in [3.8, 4) is 11.6 Å². The fraction of sp³-hybridized carbons (Fsp3) is 0.0909. The van der Waals surface area contributed by atoms with Crippen molar-refractivity contribution in [3.63, 3.8) is 0 Å². The Hall–Kier alpha value is -1.17. The highest BCUT2D eigenvalue weighted by molar-refractivity contribution is 9.10. The maximum absolute atomic E-state index is 6.03. The normalized spacial score (nSPS) is 10.3. The molecule has 17 heavy (non-hydrogen) atoms. The monoisotopic (exact) mass is 313 g/mol. The molecule has 0 aliphatic heterocycles. The van der Waals surface area contributed by atoms with Crippen LogP contribution in [0.15, 0.2) is 35.2 Å². The third-order valence-corrected chi connectivity index (χ3v) is 3.02. The molecule has 2 rings (SSSR count). The van der Waals surface area contributed by atoms with Crippen LogP contribution in [-0.4, -0.2) is 9.97 Å². The lowest BCUT2D eigenvalue weighted by Crippen LogP contribution is -2.01. The number of aromatic nitrogens is 2. The van der Waals surface area contributed by atoms with Crippen LogP contribution in [0, 0.1) is 0 Å². The van der Waals surface area contributed by atoms with Gasteiger partial charge in [0.1, 0.15) is 12.1 Å². The Kier molecular flexibility index (Phi) is 3.93. The standard InChI is InChI=1S/C11H9BrClN3O/c12-8-5-15-6-16-11(8)17-10-3-1-2-9(13)7(10)4-14/h1-3,5-6H,4,14H2. The molecule has 0 aliphatic rings. The lowest BCUT2D eigenvalue weighted by Gasteiger charge is -2.10. The molecule has 0 radical (unpaired) electrons. The fourth-order valence-electron chi connectivity index (χ4n) is 1.31. The molecule has 0 bridgehead atoms. The zero-order valence-corrected chi connectivity index (χ0v) is 11.1. The van der Waals surface area contributed by atoms with Gasteiger partial charge in [-0.3, -0.25) is 0 Å². The van der Waals surface area contributed by atoms with Crippen LogP contribution in [0.1, 0.15) is 5.56 Å². The summed E-state index contributed by atoms with van der Waals surface area (Å²) in [7, 11) is 0. The molecule has 0 atom stereocenters. The number of halogens is 2. The molecule has 4 nitrogen and oxygen atoms in total. The van der Waals surface area contributed by atoms with E-state index in [0.717, 1.165) is 5.56 Å². The van der Waals surface area contributed by atoms with Crippen molar-refractivity contribution in [3.05, 3.63) is 45.8 Å². The number of ether oxygens (including phenoxy) is 1. The largest absolute Gasteiger partial charge is 0.437 e. The molecule has 1 heterocycles. The molecule has 0 aliphatic carbocycles. The van der Waals surface area contributed by atoms with E-state index >= 15 is 0 Å². The molecule has 0 saturated carbocycles. The second-order valence-electron chi connectivity index (χ2n) is 3.20. The molecule has 0 saturated heterocycles. The molecule has 0 amide bonds. The summed E-state index contributed by atoms with van der Waals surface area (Å²) >= 11 is 9.34. The topological polar surface area (TPSA) is 61.0 Å².